The van der Waals surface area contributed by atoms with Crippen molar-refractivity contribution in [1.29, 1.82) is 0 Å². The summed E-state index contributed by atoms with van der Waals surface area (Å²) in [4.78, 5) is 8.29. The number of hydrogen-bond acceptors (Lipinski definition) is 2. The number of aromatic nitrogens is 2. The highest BCUT2D eigenvalue weighted by Gasteiger charge is 1.96. The molecule has 1 aromatic carbocycles. The molecule has 0 fully saturated rings. The fraction of sp³-hybridized carbons (Fsp3) is 0. The van der Waals surface area contributed by atoms with E-state index in [1.807, 2.05) is 30.3 Å². The lowest BCUT2D eigenvalue weighted by Gasteiger charge is -1.99. The second kappa shape index (κ2) is 3.83. The summed E-state index contributed by atoms with van der Waals surface area (Å²) in [5.74, 6) is 0.657. The van der Waals surface area contributed by atoms with Gasteiger partial charge in [-0.1, -0.05) is 36.9 Å². The van der Waals surface area contributed by atoms with E-state index >= 15 is 0 Å². The third kappa shape index (κ3) is 1.69. The van der Waals surface area contributed by atoms with E-state index in [4.69, 9.17) is 0 Å². The molecule has 0 N–H and O–H groups in total. The minimum absolute atomic E-state index is 0.657. The van der Waals surface area contributed by atoms with Crippen LogP contribution in [0.1, 0.15) is 5.82 Å². The van der Waals surface area contributed by atoms with Crippen LogP contribution in [0.3, 0.4) is 0 Å². The fourth-order valence-electron chi connectivity index (χ4n) is 1.22. The van der Waals surface area contributed by atoms with Crippen LogP contribution in [0, 0.1) is 0 Å². The van der Waals surface area contributed by atoms with E-state index in [0.717, 1.165) is 11.1 Å². The first-order valence-corrected chi connectivity index (χ1v) is 4.40. The van der Waals surface area contributed by atoms with Crippen molar-refractivity contribution in [3.05, 3.63) is 55.1 Å². The molecule has 0 spiro atoms. The molecule has 0 amide bonds. The molecular weight excluding hydrogens is 172 g/mol. The molecule has 14 heavy (non-hydrogen) atoms. The predicted octanol–water partition coefficient (Wildman–Crippen LogP) is 2.79. The topological polar surface area (TPSA) is 25.8 Å². The van der Waals surface area contributed by atoms with Crippen LogP contribution >= 0.6 is 0 Å². The van der Waals surface area contributed by atoms with E-state index in [1.54, 1.807) is 18.5 Å². The Hall–Kier alpha value is -1.96. The Kier molecular flexibility index (Phi) is 2.36. The molecule has 2 rings (SSSR count). The fourth-order valence-corrected chi connectivity index (χ4v) is 1.22. The maximum absolute atomic E-state index is 4.14. The van der Waals surface area contributed by atoms with Crippen molar-refractivity contribution in [3.8, 4) is 11.1 Å². The van der Waals surface area contributed by atoms with E-state index in [0.29, 0.717) is 5.82 Å². The van der Waals surface area contributed by atoms with Gasteiger partial charge < -0.3 is 0 Å². The summed E-state index contributed by atoms with van der Waals surface area (Å²) in [5.41, 5.74) is 2.15. The van der Waals surface area contributed by atoms with E-state index in [1.165, 1.54) is 0 Å². The normalized spacial score (nSPS) is 9.71. The first-order valence-electron chi connectivity index (χ1n) is 4.40. The first-order chi connectivity index (χ1) is 6.90. The van der Waals surface area contributed by atoms with Crippen LogP contribution in [0.4, 0.5) is 0 Å². The average molecular weight is 182 g/mol. The molecule has 0 atom stereocenters. The van der Waals surface area contributed by atoms with Gasteiger partial charge >= 0.3 is 0 Å². The number of rotatable bonds is 2. The lowest BCUT2D eigenvalue weighted by Crippen LogP contribution is -1.87. The van der Waals surface area contributed by atoms with E-state index in [2.05, 4.69) is 16.5 Å². The highest BCUT2D eigenvalue weighted by molar-refractivity contribution is 5.61. The Morgan fingerprint density at radius 1 is 0.929 bits per heavy atom. The third-order valence-electron chi connectivity index (χ3n) is 1.96. The Bertz CT molecular complexity index is 418. The second-order valence-electron chi connectivity index (χ2n) is 2.90. The van der Waals surface area contributed by atoms with Gasteiger partial charge in [0.2, 0.25) is 0 Å². The largest absolute Gasteiger partial charge is 0.237 e. The third-order valence-corrected chi connectivity index (χ3v) is 1.96. The van der Waals surface area contributed by atoms with Crippen molar-refractivity contribution in [2.24, 2.45) is 0 Å². The molecule has 0 aliphatic rings. The SMILES string of the molecule is C=Cc1ncc(-c2ccccc2)cn1. The number of nitrogens with zero attached hydrogens (tertiary/aromatic N) is 2. The zero-order valence-electron chi connectivity index (χ0n) is 7.72. The smallest absolute Gasteiger partial charge is 0.151 e. The molecule has 0 unspecified atom stereocenters. The molecule has 68 valence electrons. The second-order valence-corrected chi connectivity index (χ2v) is 2.90. The van der Waals surface area contributed by atoms with Gasteiger partial charge in [-0.15, -0.1) is 0 Å². The van der Waals surface area contributed by atoms with Crippen LogP contribution in [-0.2, 0) is 0 Å². The Morgan fingerprint density at radius 2 is 1.57 bits per heavy atom. The lowest BCUT2D eigenvalue weighted by atomic mass is 10.1. The molecule has 0 aliphatic carbocycles. The minimum atomic E-state index is 0.657. The van der Waals surface area contributed by atoms with Crippen molar-refractivity contribution >= 4 is 6.08 Å². The standard InChI is InChI=1S/C12H10N2/c1-2-12-13-8-11(9-14-12)10-6-4-3-5-7-10/h2-9H,1H2. The van der Waals surface area contributed by atoms with Crippen molar-refractivity contribution in [2.75, 3.05) is 0 Å². The van der Waals surface area contributed by atoms with E-state index in [-0.39, 0.29) is 0 Å². The summed E-state index contributed by atoms with van der Waals surface area (Å²) in [6.45, 7) is 3.61. The summed E-state index contributed by atoms with van der Waals surface area (Å²) in [5, 5.41) is 0. The first kappa shape index (κ1) is 8.63. The van der Waals surface area contributed by atoms with E-state index < -0.39 is 0 Å². The highest BCUT2D eigenvalue weighted by Crippen LogP contribution is 2.16. The van der Waals surface area contributed by atoms with Crippen molar-refractivity contribution in [3.63, 3.8) is 0 Å². The van der Waals surface area contributed by atoms with E-state index in [9.17, 15) is 0 Å². The van der Waals surface area contributed by atoms with Crippen LogP contribution in [0.2, 0.25) is 0 Å². The van der Waals surface area contributed by atoms with Crippen LogP contribution < -0.4 is 0 Å². The van der Waals surface area contributed by atoms with Gasteiger partial charge in [0.25, 0.3) is 0 Å². The summed E-state index contributed by atoms with van der Waals surface area (Å²) in [6, 6.07) is 10.1. The van der Waals surface area contributed by atoms with Gasteiger partial charge in [-0.3, -0.25) is 0 Å². The quantitative estimate of drug-likeness (QED) is 0.713. The molecule has 0 saturated heterocycles. The van der Waals surface area contributed by atoms with Gasteiger partial charge in [-0.25, -0.2) is 9.97 Å². The van der Waals surface area contributed by atoms with Crippen LogP contribution in [0.25, 0.3) is 17.2 Å². The zero-order chi connectivity index (χ0) is 9.80. The number of benzene rings is 1. The van der Waals surface area contributed by atoms with Gasteiger partial charge in [0.15, 0.2) is 5.82 Å². The highest BCUT2D eigenvalue weighted by atomic mass is 14.8. The van der Waals surface area contributed by atoms with Crippen LogP contribution in [0.5, 0.6) is 0 Å². The monoisotopic (exact) mass is 182 g/mol. The molecule has 1 heterocycles. The maximum Gasteiger partial charge on any atom is 0.151 e. The van der Waals surface area contributed by atoms with Gasteiger partial charge in [0.05, 0.1) is 0 Å². The minimum Gasteiger partial charge on any atom is -0.237 e. The Labute approximate surface area is 83.0 Å². The molecule has 2 heteroatoms. The predicted molar refractivity (Wildman–Crippen MR) is 57.6 cm³/mol. The van der Waals surface area contributed by atoms with Gasteiger partial charge in [0.1, 0.15) is 0 Å². The summed E-state index contributed by atoms with van der Waals surface area (Å²) in [7, 11) is 0. The van der Waals surface area contributed by atoms with Gasteiger partial charge in [-0.2, -0.15) is 0 Å². The Morgan fingerprint density at radius 3 is 2.14 bits per heavy atom. The van der Waals surface area contributed by atoms with Gasteiger partial charge in [-0.05, 0) is 11.6 Å². The molecule has 0 saturated carbocycles. The number of hydrogen-bond donors (Lipinski definition) is 0. The lowest BCUT2D eigenvalue weighted by molar-refractivity contribution is 1.14. The summed E-state index contributed by atoms with van der Waals surface area (Å²) in [6.07, 6.45) is 5.24. The van der Waals surface area contributed by atoms with Crippen molar-refractivity contribution in [2.45, 2.75) is 0 Å². The van der Waals surface area contributed by atoms with Crippen molar-refractivity contribution < 1.29 is 0 Å². The summed E-state index contributed by atoms with van der Waals surface area (Å²) < 4.78 is 0. The molecule has 0 bridgehead atoms. The molecule has 1 aromatic heterocycles. The summed E-state index contributed by atoms with van der Waals surface area (Å²) >= 11 is 0. The molecule has 0 radical (unpaired) electrons. The maximum atomic E-state index is 4.14. The van der Waals surface area contributed by atoms with Gasteiger partial charge in [0, 0.05) is 18.0 Å². The molecular formula is C12H10N2. The zero-order valence-corrected chi connectivity index (χ0v) is 7.72. The molecule has 0 aliphatic heterocycles. The van der Waals surface area contributed by atoms with Crippen molar-refractivity contribution in [1.82, 2.24) is 9.97 Å². The average Bonchev–Trinajstić information content (AvgIpc) is 2.30. The van der Waals surface area contributed by atoms with Crippen LogP contribution in [-0.4, -0.2) is 9.97 Å². The molecule has 2 aromatic rings. The Balaban J connectivity index is 2.39. The van der Waals surface area contributed by atoms with Crippen LogP contribution in [0.15, 0.2) is 49.3 Å². The molecule has 2 nitrogen and oxygen atoms in total.